The van der Waals surface area contributed by atoms with Crippen LogP contribution in [0.3, 0.4) is 0 Å². The lowest BCUT2D eigenvalue weighted by Gasteiger charge is -2.18. The number of nitrogens with one attached hydrogen (secondary N) is 1. The number of carbonyl (C=O) groups excluding carboxylic acids is 2. The quantitative estimate of drug-likeness (QED) is 0.782. The molecule has 0 unspecified atom stereocenters. The highest BCUT2D eigenvalue weighted by Crippen LogP contribution is 2.30. The normalized spacial score (nSPS) is 12.4. The van der Waals surface area contributed by atoms with E-state index < -0.39 is 30.1 Å². The summed E-state index contributed by atoms with van der Waals surface area (Å²) in [6, 6.07) is 7.85. The average Bonchev–Trinajstić information content (AvgIpc) is 2.65. The van der Waals surface area contributed by atoms with Crippen molar-refractivity contribution in [1.82, 2.24) is 5.32 Å². The predicted molar refractivity (Wildman–Crippen MR) is 90.8 cm³/mol. The zero-order valence-corrected chi connectivity index (χ0v) is 14.3. The van der Waals surface area contributed by atoms with Gasteiger partial charge in [0.05, 0.1) is 5.56 Å². The van der Waals surface area contributed by atoms with Gasteiger partial charge < -0.3 is 19.5 Å². The first-order chi connectivity index (χ1) is 13.0. The van der Waals surface area contributed by atoms with Gasteiger partial charge in [0, 0.05) is 12.6 Å². The van der Waals surface area contributed by atoms with Crippen LogP contribution in [0, 0.1) is 11.6 Å². The van der Waals surface area contributed by atoms with Crippen molar-refractivity contribution in [3.63, 3.8) is 0 Å². The van der Waals surface area contributed by atoms with Gasteiger partial charge in [-0.25, -0.2) is 13.6 Å². The number of amides is 1. The van der Waals surface area contributed by atoms with Crippen molar-refractivity contribution >= 4 is 11.9 Å². The topological polar surface area (TPSA) is 73.9 Å². The largest absolute Gasteiger partial charge is 0.486 e. The molecule has 0 saturated carbocycles. The molecule has 0 radical (unpaired) electrons. The Morgan fingerprint density at radius 1 is 1.00 bits per heavy atom. The van der Waals surface area contributed by atoms with Gasteiger partial charge in [-0.15, -0.1) is 0 Å². The third-order valence-electron chi connectivity index (χ3n) is 3.78. The van der Waals surface area contributed by atoms with Gasteiger partial charge in [0.25, 0.3) is 5.91 Å². The van der Waals surface area contributed by atoms with Crippen molar-refractivity contribution in [1.29, 1.82) is 0 Å². The lowest BCUT2D eigenvalue weighted by Crippen LogP contribution is -2.30. The molecule has 142 valence electrons. The number of rotatable bonds is 6. The molecule has 0 fully saturated rings. The van der Waals surface area contributed by atoms with E-state index in [4.69, 9.17) is 14.2 Å². The molecule has 0 spiro atoms. The van der Waals surface area contributed by atoms with Crippen molar-refractivity contribution in [3.8, 4) is 11.5 Å². The van der Waals surface area contributed by atoms with Crippen molar-refractivity contribution in [2.75, 3.05) is 26.4 Å². The zero-order valence-electron chi connectivity index (χ0n) is 14.3. The Labute approximate surface area is 154 Å². The molecular formula is C19H17F2NO5. The molecule has 1 aliphatic heterocycles. The number of esters is 1. The van der Waals surface area contributed by atoms with E-state index in [9.17, 15) is 18.4 Å². The highest BCUT2D eigenvalue weighted by molar-refractivity contribution is 5.91. The van der Waals surface area contributed by atoms with Crippen molar-refractivity contribution in [2.45, 2.75) is 6.42 Å². The first-order valence-corrected chi connectivity index (χ1v) is 8.30. The number of carbonyl (C=O) groups is 2. The summed E-state index contributed by atoms with van der Waals surface area (Å²) < 4.78 is 41.8. The minimum atomic E-state index is -0.976. The smallest absolute Gasteiger partial charge is 0.338 e. The van der Waals surface area contributed by atoms with Crippen LogP contribution >= 0.6 is 0 Å². The van der Waals surface area contributed by atoms with Crippen molar-refractivity contribution in [3.05, 3.63) is 59.2 Å². The molecule has 0 bridgehead atoms. The molecule has 1 heterocycles. The number of hydrogen-bond donors (Lipinski definition) is 1. The number of halogens is 2. The third-order valence-corrected chi connectivity index (χ3v) is 3.78. The maximum atomic E-state index is 13.1. The van der Waals surface area contributed by atoms with Crippen LogP contribution < -0.4 is 14.8 Å². The summed E-state index contributed by atoms with van der Waals surface area (Å²) in [5, 5.41) is 2.60. The fourth-order valence-electron chi connectivity index (χ4n) is 2.53. The summed E-state index contributed by atoms with van der Waals surface area (Å²) in [4.78, 5) is 23.5. The SMILES string of the molecule is O=C(COC(=O)c1cc(F)cc(F)c1)NCCc1ccc2c(c1)OCCO2. The number of benzene rings is 2. The fourth-order valence-corrected chi connectivity index (χ4v) is 2.53. The molecule has 0 aromatic heterocycles. The molecule has 6 nitrogen and oxygen atoms in total. The van der Waals surface area contributed by atoms with Crippen LogP contribution in [0.4, 0.5) is 8.78 Å². The van der Waals surface area contributed by atoms with Crippen molar-refractivity contribution in [2.24, 2.45) is 0 Å². The highest BCUT2D eigenvalue weighted by atomic mass is 19.1. The van der Waals surface area contributed by atoms with Crippen LogP contribution in [0.15, 0.2) is 36.4 Å². The summed E-state index contributed by atoms with van der Waals surface area (Å²) >= 11 is 0. The van der Waals surface area contributed by atoms with Gasteiger partial charge in [-0.3, -0.25) is 4.79 Å². The monoisotopic (exact) mass is 377 g/mol. The zero-order chi connectivity index (χ0) is 19.2. The van der Waals surface area contributed by atoms with E-state index in [0.717, 1.165) is 17.7 Å². The molecule has 3 rings (SSSR count). The standard InChI is InChI=1S/C19H17F2NO5/c20-14-8-13(9-15(21)10-14)19(24)27-11-18(23)22-4-3-12-1-2-16-17(7-12)26-6-5-25-16/h1-2,7-10H,3-6,11H2,(H,22,23). The van der Waals surface area contributed by atoms with Crippen molar-refractivity contribution < 1.29 is 32.6 Å². The van der Waals surface area contributed by atoms with Gasteiger partial charge in [0.2, 0.25) is 0 Å². The number of fused-ring (bicyclic) bond motifs is 1. The van der Waals surface area contributed by atoms with Gasteiger partial charge in [-0.2, -0.15) is 0 Å². The van der Waals surface area contributed by atoms with Crippen LogP contribution in [-0.2, 0) is 16.0 Å². The van der Waals surface area contributed by atoms with Gasteiger partial charge >= 0.3 is 5.97 Å². The molecule has 27 heavy (non-hydrogen) atoms. The van der Waals surface area contributed by atoms with Crippen LogP contribution in [0.2, 0.25) is 0 Å². The Hall–Kier alpha value is -3.16. The molecular weight excluding hydrogens is 360 g/mol. The molecule has 0 aliphatic carbocycles. The number of hydrogen-bond acceptors (Lipinski definition) is 5. The second-order valence-corrected chi connectivity index (χ2v) is 5.81. The van der Waals surface area contributed by atoms with Gasteiger partial charge in [0.1, 0.15) is 24.8 Å². The Morgan fingerprint density at radius 2 is 1.70 bits per heavy atom. The molecule has 0 atom stereocenters. The molecule has 1 N–H and O–H groups in total. The van der Waals surface area contributed by atoms with E-state index in [1.54, 1.807) is 0 Å². The van der Waals surface area contributed by atoms with Crippen LogP contribution in [0.5, 0.6) is 11.5 Å². The minimum absolute atomic E-state index is 0.295. The maximum Gasteiger partial charge on any atom is 0.338 e. The molecule has 2 aromatic carbocycles. The van der Waals surface area contributed by atoms with Gasteiger partial charge in [0.15, 0.2) is 18.1 Å². The van der Waals surface area contributed by atoms with Crippen LogP contribution in [0.1, 0.15) is 15.9 Å². The number of ether oxygens (including phenoxy) is 3. The van der Waals surface area contributed by atoms with E-state index in [2.05, 4.69) is 5.32 Å². The summed E-state index contributed by atoms with van der Waals surface area (Å²) in [6.45, 7) is 0.792. The van der Waals surface area contributed by atoms with E-state index in [-0.39, 0.29) is 5.56 Å². The van der Waals surface area contributed by atoms with Gasteiger partial charge in [-0.1, -0.05) is 6.07 Å². The van der Waals surface area contributed by atoms with E-state index in [1.807, 2.05) is 18.2 Å². The van der Waals surface area contributed by atoms with Crippen LogP contribution in [0.25, 0.3) is 0 Å². The molecule has 2 aromatic rings. The van der Waals surface area contributed by atoms with Gasteiger partial charge in [-0.05, 0) is 36.2 Å². The summed E-state index contributed by atoms with van der Waals surface area (Å²) in [6.07, 6.45) is 0.547. The Balaban J connectivity index is 1.42. The van der Waals surface area contributed by atoms with E-state index >= 15 is 0 Å². The third kappa shape index (κ3) is 5.16. The highest BCUT2D eigenvalue weighted by Gasteiger charge is 2.14. The van der Waals surface area contributed by atoms with E-state index in [1.165, 1.54) is 0 Å². The first-order valence-electron chi connectivity index (χ1n) is 8.30. The summed E-state index contributed by atoms with van der Waals surface area (Å²) in [5.74, 6) is -1.93. The van der Waals surface area contributed by atoms with Crippen LogP contribution in [-0.4, -0.2) is 38.2 Å². The predicted octanol–water partition coefficient (Wildman–Crippen LogP) is 2.25. The second-order valence-electron chi connectivity index (χ2n) is 5.81. The minimum Gasteiger partial charge on any atom is -0.486 e. The summed E-state index contributed by atoms with van der Waals surface area (Å²) in [7, 11) is 0. The Morgan fingerprint density at radius 3 is 2.44 bits per heavy atom. The molecule has 1 amide bonds. The molecule has 0 saturated heterocycles. The molecule has 8 heteroatoms. The lowest BCUT2D eigenvalue weighted by molar-refractivity contribution is -0.124. The first kappa shape index (κ1) is 18.6. The second kappa shape index (κ2) is 8.48. The lowest BCUT2D eigenvalue weighted by atomic mass is 10.1. The Kier molecular flexibility index (Phi) is 5.85. The molecule has 1 aliphatic rings. The summed E-state index contributed by atoms with van der Waals surface area (Å²) in [5.41, 5.74) is 0.656. The fraction of sp³-hybridized carbons (Fsp3) is 0.263. The average molecular weight is 377 g/mol. The van der Waals surface area contributed by atoms with E-state index in [0.29, 0.717) is 43.7 Å². The maximum absolute atomic E-state index is 13.1. The Bertz CT molecular complexity index is 836.